The fourth-order valence-electron chi connectivity index (χ4n) is 2.85. The van der Waals surface area contributed by atoms with E-state index in [9.17, 15) is 15.2 Å². The standard InChI is InChI=1S/C16H29N3O3/c1-15(2,3)22-14(21)19-8-6-7-16(11-17,12-19)9-13(20)10-18(4)5/h13,20H,6-10,12H2,1-5H3. The van der Waals surface area contributed by atoms with Gasteiger partial charge >= 0.3 is 6.09 Å². The smallest absolute Gasteiger partial charge is 0.410 e. The van der Waals surface area contributed by atoms with E-state index in [1.54, 1.807) is 4.90 Å². The van der Waals surface area contributed by atoms with Crippen molar-refractivity contribution in [3.63, 3.8) is 0 Å². The molecule has 1 aliphatic heterocycles. The number of likely N-dealkylation sites (N-methyl/N-ethyl adjacent to an activating group) is 1. The Bertz CT molecular complexity index is 425. The van der Waals surface area contributed by atoms with Crippen LogP contribution in [0, 0.1) is 16.7 Å². The van der Waals surface area contributed by atoms with Crippen molar-refractivity contribution in [2.24, 2.45) is 5.41 Å². The molecule has 2 unspecified atom stereocenters. The summed E-state index contributed by atoms with van der Waals surface area (Å²) in [5.41, 5.74) is -1.24. The first-order valence-corrected chi connectivity index (χ1v) is 7.79. The second-order valence-corrected chi connectivity index (χ2v) is 7.52. The van der Waals surface area contributed by atoms with Gasteiger partial charge in [0.2, 0.25) is 0 Å². The molecule has 6 nitrogen and oxygen atoms in total. The van der Waals surface area contributed by atoms with Crippen molar-refractivity contribution < 1.29 is 14.6 Å². The minimum Gasteiger partial charge on any atom is -0.444 e. The summed E-state index contributed by atoms with van der Waals surface area (Å²) in [6.45, 7) is 6.91. The zero-order chi connectivity index (χ0) is 17.0. The number of ether oxygens (including phenoxy) is 1. The van der Waals surface area contributed by atoms with Crippen LogP contribution in [0.25, 0.3) is 0 Å². The maximum absolute atomic E-state index is 12.2. The summed E-state index contributed by atoms with van der Waals surface area (Å²) in [5.74, 6) is 0. The number of amides is 1. The van der Waals surface area contributed by atoms with Gasteiger partial charge in [-0.15, -0.1) is 0 Å². The van der Waals surface area contributed by atoms with Crippen LogP contribution in [0.2, 0.25) is 0 Å². The Kier molecular flexibility index (Phi) is 6.21. The molecule has 0 radical (unpaired) electrons. The summed E-state index contributed by atoms with van der Waals surface area (Å²) in [6, 6.07) is 2.34. The number of piperidine rings is 1. The topological polar surface area (TPSA) is 76.8 Å². The summed E-state index contributed by atoms with van der Waals surface area (Å²) in [5, 5.41) is 19.8. The number of rotatable bonds is 4. The Labute approximate surface area is 133 Å². The summed E-state index contributed by atoms with van der Waals surface area (Å²) in [6.07, 6.45) is 0.873. The summed E-state index contributed by atoms with van der Waals surface area (Å²) >= 11 is 0. The maximum atomic E-state index is 12.2. The van der Waals surface area contributed by atoms with Crippen LogP contribution in [-0.2, 0) is 4.74 Å². The second kappa shape index (κ2) is 7.30. The van der Waals surface area contributed by atoms with Gasteiger partial charge in [-0.2, -0.15) is 5.26 Å². The number of carbonyl (C=O) groups is 1. The third kappa shape index (κ3) is 5.82. The van der Waals surface area contributed by atoms with Gasteiger partial charge in [0.25, 0.3) is 0 Å². The molecule has 1 amide bonds. The zero-order valence-corrected chi connectivity index (χ0v) is 14.4. The fraction of sp³-hybridized carbons (Fsp3) is 0.875. The first kappa shape index (κ1) is 18.7. The van der Waals surface area contributed by atoms with E-state index in [2.05, 4.69) is 6.07 Å². The van der Waals surface area contributed by atoms with Gasteiger partial charge < -0.3 is 19.6 Å². The number of likely N-dealkylation sites (tertiary alicyclic amines) is 1. The molecule has 126 valence electrons. The fourth-order valence-corrected chi connectivity index (χ4v) is 2.85. The van der Waals surface area contributed by atoms with Crippen LogP contribution in [0.3, 0.4) is 0 Å². The number of aliphatic hydroxyl groups excluding tert-OH is 1. The molecule has 22 heavy (non-hydrogen) atoms. The molecule has 1 aliphatic rings. The van der Waals surface area contributed by atoms with Crippen LogP contribution < -0.4 is 0 Å². The highest BCUT2D eigenvalue weighted by Gasteiger charge is 2.40. The molecule has 0 saturated carbocycles. The number of hydrogen-bond acceptors (Lipinski definition) is 5. The van der Waals surface area contributed by atoms with Crippen molar-refractivity contribution in [3.05, 3.63) is 0 Å². The van der Waals surface area contributed by atoms with Gasteiger partial charge in [0.1, 0.15) is 5.60 Å². The van der Waals surface area contributed by atoms with E-state index in [0.29, 0.717) is 32.5 Å². The predicted octanol–water partition coefficient (Wildman–Crippen LogP) is 1.84. The molecule has 0 aromatic heterocycles. The molecule has 0 aromatic rings. The quantitative estimate of drug-likeness (QED) is 0.857. The van der Waals surface area contributed by atoms with Crippen molar-refractivity contribution in [1.82, 2.24) is 9.80 Å². The lowest BCUT2D eigenvalue weighted by molar-refractivity contribution is 0.00243. The van der Waals surface area contributed by atoms with Gasteiger partial charge in [-0.25, -0.2) is 4.79 Å². The molecule has 0 spiro atoms. The van der Waals surface area contributed by atoms with Crippen LogP contribution in [-0.4, -0.2) is 66.4 Å². The highest BCUT2D eigenvalue weighted by atomic mass is 16.6. The molecule has 1 saturated heterocycles. The molecule has 0 bridgehead atoms. The molecular weight excluding hydrogens is 282 g/mol. The third-order valence-electron chi connectivity index (χ3n) is 3.67. The van der Waals surface area contributed by atoms with E-state index >= 15 is 0 Å². The first-order valence-electron chi connectivity index (χ1n) is 7.79. The van der Waals surface area contributed by atoms with E-state index in [-0.39, 0.29) is 6.09 Å². The van der Waals surface area contributed by atoms with E-state index in [1.807, 2.05) is 39.8 Å². The van der Waals surface area contributed by atoms with Gasteiger partial charge in [0, 0.05) is 19.6 Å². The minimum atomic E-state index is -0.690. The Morgan fingerprint density at radius 3 is 2.64 bits per heavy atom. The van der Waals surface area contributed by atoms with Crippen molar-refractivity contribution in [2.75, 3.05) is 33.7 Å². The number of hydrogen-bond donors (Lipinski definition) is 1. The highest BCUT2D eigenvalue weighted by molar-refractivity contribution is 5.68. The molecule has 1 heterocycles. The van der Waals surface area contributed by atoms with Crippen LogP contribution >= 0.6 is 0 Å². The zero-order valence-electron chi connectivity index (χ0n) is 14.4. The lowest BCUT2D eigenvalue weighted by atomic mass is 9.77. The Morgan fingerprint density at radius 1 is 1.50 bits per heavy atom. The van der Waals surface area contributed by atoms with Crippen LogP contribution in [0.4, 0.5) is 4.79 Å². The second-order valence-electron chi connectivity index (χ2n) is 7.52. The molecule has 0 aromatic carbocycles. The first-order chi connectivity index (χ1) is 10.1. The van der Waals surface area contributed by atoms with Gasteiger partial charge in [-0.3, -0.25) is 0 Å². The van der Waals surface area contributed by atoms with Gasteiger partial charge in [0.15, 0.2) is 0 Å². The third-order valence-corrected chi connectivity index (χ3v) is 3.67. The van der Waals surface area contributed by atoms with Crippen molar-refractivity contribution in [3.8, 4) is 6.07 Å². The van der Waals surface area contributed by atoms with Crippen LogP contribution in [0.5, 0.6) is 0 Å². The number of carbonyl (C=O) groups excluding carboxylic acids is 1. The van der Waals surface area contributed by atoms with E-state index < -0.39 is 17.1 Å². The summed E-state index contributed by atoms with van der Waals surface area (Å²) in [7, 11) is 3.77. The van der Waals surface area contributed by atoms with Crippen molar-refractivity contribution >= 4 is 6.09 Å². The normalized spacial score (nSPS) is 24.0. The van der Waals surface area contributed by atoms with Crippen molar-refractivity contribution in [2.45, 2.75) is 51.7 Å². The Hall–Kier alpha value is -1.32. The summed E-state index contributed by atoms with van der Waals surface area (Å²) < 4.78 is 5.39. The number of nitriles is 1. The van der Waals surface area contributed by atoms with Gasteiger partial charge in [-0.1, -0.05) is 0 Å². The molecule has 1 fully saturated rings. The SMILES string of the molecule is CN(C)CC(O)CC1(C#N)CCCN(C(=O)OC(C)(C)C)C1. The largest absolute Gasteiger partial charge is 0.444 e. The molecule has 1 N–H and O–H groups in total. The highest BCUT2D eigenvalue weighted by Crippen LogP contribution is 2.34. The van der Waals surface area contributed by atoms with Gasteiger partial charge in [-0.05, 0) is 54.1 Å². The lowest BCUT2D eigenvalue weighted by Gasteiger charge is -2.39. The molecule has 6 heteroatoms. The van der Waals surface area contributed by atoms with Gasteiger partial charge in [0.05, 0.1) is 17.6 Å². The average Bonchev–Trinajstić information content (AvgIpc) is 2.35. The molecular formula is C16H29N3O3. The number of aliphatic hydroxyl groups is 1. The average molecular weight is 311 g/mol. The predicted molar refractivity (Wildman–Crippen MR) is 84.3 cm³/mol. The Morgan fingerprint density at radius 2 is 2.14 bits per heavy atom. The molecule has 0 aliphatic carbocycles. The van der Waals surface area contributed by atoms with Crippen LogP contribution in [0.1, 0.15) is 40.0 Å². The minimum absolute atomic E-state index is 0.322. The Balaban J connectivity index is 2.73. The van der Waals surface area contributed by atoms with E-state index in [1.165, 1.54) is 0 Å². The van der Waals surface area contributed by atoms with E-state index in [0.717, 1.165) is 6.42 Å². The lowest BCUT2D eigenvalue weighted by Crippen LogP contribution is -2.49. The molecule has 2 atom stereocenters. The monoisotopic (exact) mass is 311 g/mol. The van der Waals surface area contributed by atoms with Crippen LogP contribution in [0.15, 0.2) is 0 Å². The van der Waals surface area contributed by atoms with Crippen molar-refractivity contribution in [1.29, 1.82) is 5.26 Å². The molecule has 1 rings (SSSR count). The van der Waals surface area contributed by atoms with E-state index in [4.69, 9.17) is 4.74 Å². The maximum Gasteiger partial charge on any atom is 0.410 e. The number of nitrogens with zero attached hydrogens (tertiary/aromatic N) is 3. The summed E-state index contributed by atoms with van der Waals surface area (Å²) in [4.78, 5) is 15.7.